The molecule has 1 N–H and O–H groups in total. The summed E-state index contributed by atoms with van der Waals surface area (Å²) in [6, 6.07) is 15.3. The molecule has 1 aliphatic rings. The van der Waals surface area contributed by atoms with E-state index in [1.54, 1.807) is 23.9 Å². The number of anilines is 1. The first-order valence-corrected chi connectivity index (χ1v) is 12.3. The Morgan fingerprint density at radius 1 is 1.15 bits per heavy atom. The lowest BCUT2D eigenvalue weighted by atomic mass is 9.97. The van der Waals surface area contributed by atoms with Crippen molar-refractivity contribution in [2.75, 3.05) is 18.4 Å². The van der Waals surface area contributed by atoms with Gasteiger partial charge in [-0.25, -0.2) is 13.1 Å². The van der Waals surface area contributed by atoms with Crippen LogP contribution in [0.25, 0.3) is 0 Å². The van der Waals surface area contributed by atoms with E-state index in [1.807, 2.05) is 30.3 Å². The van der Waals surface area contributed by atoms with Gasteiger partial charge in [0.2, 0.25) is 15.9 Å². The summed E-state index contributed by atoms with van der Waals surface area (Å²) in [6.07, 6.45) is 2.33. The number of sulfonamides is 1. The number of nitro benzene ring substituents is 1. The highest BCUT2D eigenvalue weighted by Gasteiger charge is 2.33. The maximum atomic E-state index is 13.1. The number of hydrogen-bond acceptors (Lipinski definition) is 6. The van der Waals surface area contributed by atoms with Gasteiger partial charge in [-0.05, 0) is 30.9 Å². The van der Waals surface area contributed by atoms with Gasteiger partial charge in [0.15, 0.2) is 0 Å². The summed E-state index contributed by atoms with van der Waals surface area (Å²) >= 11 is 0. The summed E-state index contributed by atoms with van der Waals surface area (Å²) in [5.74, 6) is 0.0484. The lowest BCUT2D eigenvalue weighted by Gasteiger charge is -2.30. The molecule has 1 fully saturated rings. The van der Waals surface area contributed by atoms with Gasteiger partial charge < -0.3 is 5.32 Å². The number of rotatable bonds is 7. The average molecular weight is 484 g/mol. The quantitative estimate of drug-likeness (QED) is 0.406. The van der Waals surface area contributed by atoms with Gasteiger partial charge in [-0.3, -0.25) is 14.9 Å². The molecule has 10 nitrogen and oxygen atoms in total. The van der Waals surface area contributed by atoms with Crippen LogP contribution < -0.4 is 5.32 Å². The van der Waals surface area contributed by atoms with Gasteiger partial charge in [0.1, 0.15) is 5.82 Å². The van der Waals surface area contributed by atoms with Crippen molar-refractivity contribution >= 4 is 27.4 Å². The topological polar surface area (TPSA) is 127 Å². The van der Waals surface area contributed by atoms with E-state index < -0.39 is 14.9 Å². The third-order valence-electron chi connectivity index (χ3n) is 5.97. The second kappa shape index (κ2) is 9.74. The number of aryl methyl sites for hydroxylation is 1. The number of carbonyl (C=O) groups excluding carboxylic acids is 1. The summed E-state index contributed by atoms with van der Waals surface area (Å²) in [6.45, 7) is 2.44. The number of carbonyl (C=O) groups is 1. The van der Waals surface area contributed by atoms with Gasteiger partial charge in [-0.15, -0.1) is 0 Å². The number of benzene rings is 2. The molecular formula is C23H25N5O5S. The van der Waals surface area contributed by atoms with Crippen LogP contribution in [0.3, 0.4) is 0 Å². The smallest absolute Gasteiger partial charge is 0.270 e. The van der Waals surface area contributed by atoms with Crippen molar-refractivity contribution in [2.45, 2.75) is 31.2 Å². The summed E-state index contributed by atoms with van der Waals surface area (Å²) < 4.78 is 29.3. The molecule has 1 saturated heterocycles. The van der Waals surface area contributed by atoms with Crippen LogP contribution in [-0.2, 0) is 21.4 Å². The second-order valence-corrected chi connectivity index (χ2v) is 10.1. The maximum absolute atomic E-state index is 13.1. The largest absolute Gasteiger partial charge is 0.311 e. The Morgan fingerprint density at radius 3 is 2.53 bits per heavy atom. The molecule has 2 aromatic carbocycles. The number of nitro groups is 1. The van der Waals surface area contributed by atoms with Crippen LogP contribution in [0.2, 0.25) is 0 Å². The molecule has 0 radical (unpaired) electrons. The van der Waals surface area contributed by atoms with E-state index in [0.29, 0.717) is 30.8 Å². The van der Waals surface area contributed by atoms with E-state index in [1.165, 1.54) is 16.4 Å². The van der Waals surface area contributed by atoms with Gasteiger partial charge in [0, 0.05) is 37.2 Å². The summed E-state index contributed by atoms with van der Waals surface area (Å²) in [7, 11) is -3.91. The van der Waals surface area contributed by atoms with Crippen LogP contribution >= 0.6 is 0 Å². The van der Waals surface area contributed by atoms with Crippen LogP contribution in [0.1, 0.15) is 24.0 Å². The summed E-state index contributed by atoms with van der Waals surface area (Å²) in [5.41, 5.74) is 1.22. The second-order valence-electron chi connectivity index (χ2n) is 8.23. The molecule has 0 unspecified atom stereocenters. The lowest BCUT2D eigenvalue weighted by Crippen LogP contribution is -2.41. The third-order valence-corrected chi connectivity index (χ3v) is 8.01. The van der Waals surface area contributed by atoms with Crippen LogP contribution in [0.4, 0.5) is 11.5 Å². The van der Waals surface area contributed by atoms with Crippen molar-refractivity contribution in [3.05, 3.63) is 82.0 Å². The van der Waals surface area contributed by atoms with Crippen LogP contribution in [0.15, 0.2) is 65.7 Å². The first-order chi connectivity index (χ1) is 16.3. The molecule has 0 atom stereocenters. The lowest BCUT2D eigenvalue weighted by molar-refractivity contribution is -0.385. The SMILES string of the molecule is Cc1ccc([N+](=O)[O-])cc1S(=O)(=O)N1CCC(C(=O)Nc2ccnn2Cc2ccccc2)CC1. The monoisotopic (exact) mass is 483 g/mol. The van der Waals surface area contributed by atoms with Crippen LogP contribution in [0, 0.1) is 23.0 Å². The Bertz CT molecular complexity index is 1300. The minimum absolute atomic E-state index is 0.0746. The minimum atomic E-state index is -3.91. The highest BCUT2D eigenvalue weighted by molar-refractivity contribution is 7.89. The number of nitrogens with one attached hydrogen (secondary N) is 1. The number of hydrogen-bond donors (Lipinski definition) is 1. The Morgan fingerprint density at radius 2 is 1.85 bits per heavy atom. The molecule has 3 aromatic rings. The zero-order valence-corrected chi connectivity index (χ0v) is 19.4. The first-order valence-electron chi connectivity index (χ1n) is 10.9. The molecule has 178 valence electrons. The van der Waals surface area contributed by atoms with E-state index >= 15 is 0 Å². The molecule has 0 spiro atoms. The van der Waals surface area contributed by atoms with E-state index in [0.717, 1.165) is 11.6 Å². The van der Waals surface area contributed by atoms with Crippen LogP contribution in [0.5, 0.6) is 0 Å². The standard InChI is InChI=1S/C23H25N5O5S/c1-17-7-8-20(28(30)31)15-21(17)34(32,33)26-13-10-19(11-14-26)23(29)25-22-9-12-24-27(22)16-18-5-3-2-4-6-18/h2-9,12,15,19H,10-11,13-14,16H2,1H3,(H,25,29). The van der Waals surface area contributed by atoms with Gasteiger partial charge in [-0.1, -0.05) is 36.4 Å². The van der Waals surface area contributed by atoms with E-state index in [9.17, 15) is 23.3 Å². The average Bonchev–Trinajstić information content (AvgIpc) is 3.26. The Kier molecular flexibility index (Phi) is 6.75. The van der Waals surface area contributed by atoms with Crippen molar-refractivity contribution in [1.29, 1.82) is 0 Å². The summed E-state index contributed by atoms with van der Waals surface area (Å²) in [5, 5.41) is 18.3. The first kappa shape index (κ1) is 23.6. The van der Waals surface area contributed by atoms with Crippen molar-refractivity contribution in [3.8, 4) is 0 Å². The molecule has 4 rings (SSSR count). The maximum Gasteiger partial charge on any atom is 0.270 e. The van der Waals surface area contributed by atoms with Crippen molar-refractivity contribution < 1.29 is 18.1 Å². The predicted octanol–water partition coefficient (Wildman–Crippen LogP) is 3.19. The van der Waals surface area contributed by atoms with E-state index in [-0.39, 0.29) is 35.5 Å². The van der Waals surface area contributed by atoms with Gasteiger partial charge in [0.05, 0.1) is 22.6 Å². The van der Waals surface area contributed by atoms with Crippen molar-refractivity contribution in [3.63, 3.8) is 0 Å². The minimum Gasteiger partial charge on any atom is -0.311 e. The number of amides is 1. The molecule has 1 aromatic heterocycles. The number of piperidine rings is 1. The molecular weight excluding hydrogens is 458 g/mol. The Balaban J connectivity index is 1.40. The highest BCUT2D eigenvalue weighted by atomic mass is 32.2. The van der Waals surface area contributed by atoms with Crippen LogP contribution in [-0.4, -0.2) is 46.4 Å². The van der Waals surface area contributed by atoms with E-state index in [2.05, 4.69) is 10.4 Å². The molecule has 0 saturated carbocycles. The molecule has 0 bridgehead atoms. The molecule has 0 aliphatic carbocycles. The summed E-state index contributed by atoms with van der Waals surface area (Å²) in [4.78, 5) is 23.3. The van der Waals surface area contributed by atoms with Gasteiger partial charge >= 0.3 is 0 Å². The normalized spacial score (nSPS) is 15.2. The van der Waals surface area contributed by atoms with Crippen molar-refractivity contribution in [2.24, 2.45) is 5.92 Å². The highest BCUT2D eigenvalue weighted by Crippen LogP contribution is 2.28. The Labute approximate surface area is 197 Å². The molecule has 34 heavy (non-hydrogen) atoms. The third kappa shape index (κ3) is 5.00. The molecule has 1 amide bonds. The number of nitrogens with zero attached hydrogens (tertiary/aromatic N) is 4. The molecule has 11 heteroatoms. The van der Waals surface area contributed by atoms with E-state index in [4.69, 9.17) is 0 Å². The van der Waals surface area contributed by atoms with Gasteiger partial charge in [0.25, 0.3) is 5.69 Å². The fraction of sp³-hybridized carbons (Fsp3) is 0.304. The Hall–Kier alpha value is -3.57. The predicted molar refractivity (Wildman–Crippen MR) is 126 cm³/mol. The number of non-ortho nitro benzene ring substituents is 1. The fourth-order valence-corrected chi connectivity index (χ4v) is 5.74. The molecule has 1 aliphatic heterocycles. The fourth-order valence-electron chi connectivity index (χ4n) is 4.03. The zero-order chi connectivity index (χ0) is 24.3. The molecule has 2 heterocycles. The number of aromatic nitrogens is 2. The van der Waals surface area contributed by atoms with Gasteiger partial charge in [-0.2, -0.15) is 9.40 Å². The zero-order valence-electron chi connectivity index (χ0n) is 18.6. The van der Waals surface area contributed by atoms with Crippen molar-refractivity contribution in [1.82, 2.24) is 14.1 Å².